The van der Waals surface area contributed by atoms with E-state index in [1.54, 1.807) is 19.1 Å². The lowest BCUT2D eigenvalue weighted by molar-refractivity contribution is -0.384. The van der Waals surface area contributed by atoms with Gasteiger partial charge in [0, 0.05) is 18.7 Å². The molecule has 3 rings (SSSR count). The van der Waals surface area contributed by atoms with Gasteiger partial charge in [-0.1, -0.05) is 6.07 Å². The molecule has 0 N–H and O–H groups in total. The molecule has 28 heavy (non-hydrogen) atoms. The first-order valence-corrected chi connectivity index (χ1v) is 8.92. The van der Waals surface area contributed by atoms with Crippen LogP contribution in [0.3, 0.4) is 0 Å². The summed E-state index contributed by atoms with van der Waals surface area (Å²) >= 11 is 0. The van der Waals surface area contributed by atoms with E-state index in [4.69, 9.17) is 14.2 Å². The molecule has 8 heteroatoms. The molecule has 0 bridgehead atoms. The quantitative estimate of drug-likeness (QED) is 0.535. The van der Waals surface area contributed by atoms with Gasteiger partial charge in [-0.3, -0.25) is 14.9 Å². The molecule has 1 fully saturated rings. The van der Waals surface area contributed by atoms with Gasteiger partial charge in [-0.05, 0) is 42.7 Å². The number of nitro benzene ring substituents is 1. The van der Waals surface area contributed by atoms with Crippen LogP contribution in [0.5, 0.6) is 17.2 Å². The van der Waals surface area contributed by atoms with Gasteiger partial charge in [0.15, 0.2) is 18.1 Å². The third-order valence-corrected chi connectivity index (χ3v) is 4.78. The third-order valence-electron chi connectivity index (χ3n) is 4.78. The van der Waals surface area contributed by atoms with Gasteiger partial charge in [-0.15, -0.1) is 0 Å². The van der Waals surface area contributed by atoms with Crippen molar-refractivity contribution < 1.29 is 23.9 Å². The number of carbonyl (C=O) groups excluding carboxylic acids is 1. The molecule has 0 aliphatic carbocycles. The Balaban J connectivity index is 1.66. The Bertz CT molecular complexity index is 852. The molecule has 1 amide bonds. The number of nitrogens with zero attached hydrogens (tertiary/aromatic N) is 2. The van der Waals surface area contributed by atoms with Gasteiger partial charge in [0.2, 0.25) is 0 Å². The first-order chi connectivity index (χ1) is 13.5. The number of nitro groups is 1. The van der Waals surface area contributed by atoms with Crippen LogP contribution in [-0.4, -0.2) is 43.1 Å². The Hall–Kier alpha value is -3.29. The molecule has 1 unspecified atom stereocenters. The normalized spacial score (nSPS) is 15.9. The molecule has 148 valence electrons. The van der Waals surface area contributed by atoms with E-state index in [0.717, 1.165) is 18.4 Å². The first kappa shape index (κ1) is 19.5. The van der Waals surface area contributed by atoms with Crippen LogP contribution < -0.4 is 14.2 Å². The second-order valence-corrected chi connectivity index (χ2v) is 6.40. The zero-order valence-corrected chi connectivity index (χ0v) is 15.8. The predicted molar refractivity (Wildman–Crippen MR) is 102 cm³/mol. The fraction of sp³-hybridized carbons (Fsp3) is 0.350. The molecule has 2 aromatic rings. The molecule has 0 saturated carbocycles. The highest BCUT2D eigenvalue weighted by Gasteiger charge is 2.30. The molecule has 2 aromatic carbocycles. The number of non-ortho nitro benzene ring substituents is 1. The van der Waals surface area contributed by atoms with E-state index < -0.39 is 4.92 Å². The molecular weight excluding hydrogens is 364 g/mol. The van der Waals surface area contributed by atoms with Gasteiger partial charge < -0.3 is 19.1 Å². The third kappa shape index (κ3) is 4.16. The number of methoxy groups -OCH3 is 2. The lowest BCUT2D eigenvalue weighted by Gasteiger charge is -2.25. The minimum Gasteiger partial charge on any atom is -0.493 e. The minimum absolute atomic E-state index is 0.0215. The lowest BCUT2D eigenvalue weighted by atomic mass is 10.0. The molecule has 8 nitrogen and oxygen atoms in total. The van der Waals surface area contributed by atoms with Crippen LogP contribution in [0.1, 0.15) is 24.4 Å². The fourth-order valence-electron chi connectivity index (χ4n) is 3.36. The summed E-state index contributed by atoms with van der Waals surface area (Å²) in [5, 5.41) is 10.7. The lowest BCUT2D eigenvalue weighted by Crippen LogP contribution is -2.34. The SMILES string of the molecule is COc1ccc(C2CCCN2C(=O)COc2ccc([N+](=O)[O-])cc2)cc1OC. The number of ether oxygens (including phenoxy) is 3. The van der Waals surface area contributed by atoms with Crippen LogP contribution in [0.15, 0.2) is 42.5 Å². The summed E-state index contributed by atoms with van der Waals surface area (Å²) in [4.78, 5) is 24.7. The Kier molecular flexibility index (Phi) is 5.98. The van der Waals surface area contributed by atoms with Gasteiger partial charge in [0.1, 0.15) is 5.75 Å². The number of hydrogen-bond donors (Lipinski definition) is 0. The van der Waals surface area contributed by atoms with Gasteiger partial charge in [-0.25, -0.2) is 0 Å². The van der Waals surface area contributed by atoms with Crippen LogP contribution in [-0.2, 0) is 4.79 Å². The summed E-state index contributed by atoms with van der Waals surface area (Å²) in [5.41, 5.74) is 0.963. The summed E-state index contributed by atoms with van der Waals surface area (Å²) in [6, 6.07) is 11.3. The topological polar surface area (TPSA) is 91.1 Å². The number of likely N-dealkylation sites (tertiary alicyclic amines) is 1. The maximum absolute atomic E-state index is 12.7. The molecule has 1 heterocycles. The highest BCUT2D eigenvalue weighted by molar-refractivity contribution is 5.78. The Morgan fingerprint density at radius 3 is 2.50 bits per heavy atom. The van der Waals surface area contributed by atoms with E-state index in [9.17, 15) is 14.9 Å². The average molecular weight is 386 g/mol. The maximum atomic E-state index is 12.7. The maximum Gasteiger partial charge on any atom is 0.269 e. The Morgan fingerprint density at radius 1 is 1.14 bits per heavy atom. The monoisotopic (exact) mass is 386 g/mol. The van der Waals surface area contributed by atoms with Crippen molar-refractivity contribution in [1.82, 2.24) is 4.90 Å². The summed E-state index contributed by atoms with van der Waals surface area (Å²) in [6.45, 7) is 0.531. The molecule has 0 radical (unpaired) electrons. The van der Waals surface area contributed by atoms with Gasteiger partial charge in [0.25, 0.3) is 11.6 Å². The molecule has 0 spiro atoms. The number of benzene rings is 2. The van der Waals surface area contributed by atoms with E-state index in [2.05, 4.69) is 0 Å². The fourth-order valence-corrected chi connectivity index (χ4v) is 3.36. The van der Waals surface area contributed by atoms with E-state index in [0.29, 0.717) is 23.8 Å². The average Bonchev–Trinajstić information content (AvgIpc) is 3.21. The van der Waals surface area contributed by atoms with Crippen molar-refractivity contribution >= 4 is 11.6 Å². The summed E-state index contributed by atoms with van der Waals surface area (Å²) in [5.74, 6) is 1.56. The number of carbonyl (C=O) groups is 1. The zero-order valence-electron chi connectivity index (χ0n) is 15.8. The van der Waals surface area contributed by atoms with Gasteiger partial charge in [0.05, 0.1) is 25.2 Å². The minimum atomic E-state index is -0.479. The van der Waals surface area contributed by atoms with E-state index >= 15 is 0 Å². The number of amides is 1. The Morgan fingerprint density at radius 2 is 1.86 bits per heavy atom. The molecule has 1 saturated heterocycles. The van der Waals surface area contributed by atoms with Crippen molar-refractivity contribution in [2.45, 2.75) is 18.9 Å². The van der Waals surface area contributed by atoms with Crippen molar-refractivity contribution in [2.75, 3.05) is 27.4 Å². The highest BCUT2D eigenvalue weighted by atomic mass is 16.6. The van der Waals surface area contributed by atoms with Crippen molar-refractivity contribution in [2.24, 2.45) is 0 Å². The van der Waals surface area contributed by atoms with Crippen LogP contribution in [0.25, 0.3) is 0 Å². The van der Waals surface area contributed by atoms with Gasteiger partial charge >= 0.3 is 0 Å². The van der Waals surface area contributed by atoms with Crippen molar-refractivity contribution in [1.29, 1.82) is 0 Å². The molecular formula is C20H22N2O6. The smallest absolute Gasteiger partial charge is 0.269 e. The van der Waals surface area contributed by atoms with Crippen molar-refractivity contribution in [3.05, 3.63) is 58.1 Å². The zero-order chi connectivity index (χ0) is 20.1. The predicted octanol–water partition coefficient (Wildman–Crippen LogP) is 3.35. The van der Waals surface area contributed by atoms with Crippen LogP contribution >= 0.6 is 0 Å². The number of hydrogen-bond acceptors (Lipinski definition) is 6. The largest absolute Gasteiger partial charge is 0.493 e. The van der Waals surface area contributed by atoms with E-state index in [-0.39, 0.29) is 24.2 Å². The molecule has 1 aliphatic heterocycles. The Labute approximate surface area is 162 Å². The van der Waals surface area contributed by atoms with Crippen molar-refractivity contribution in [3.63, 3.8) is 0 Å². The van der Waals surface area contributed by atoms with E-state index in [1.807, 2.05) is 18.2 Å². The van der Waals surface area contributed by atoms with E-state index in [1.165, 1.54) is 24.3 Å². The van der Waals surface area contributed by atoms with Crippen molar-refractivity contribution in [3.8, 4) is 17.2 Å². The second-order valence-electron chi connectivity index (χ2n) is 6.40. The summed E-state index contributed by atoms with van der Waals surface area (Å²) in [6.07, 6.45) is 1.76. The van der Waals surface area contributed by atoms with Crippen LogP contribution in [0, 0.1) is 10.1 Å². The standard InChI is InChI=1S/C20H22N2O6/c1-26-18-10-5-14(12-19(18)27-2)17-4-3-11-21(17)20(23)13-28-16-8-6-15(7-9-16)22(24)25/h5-10,12,17H,3-4,11,13H2,1-2H3. The number of rotatable bonds is 7. The summed E-state index contributed by atoms with van der Waals surface area (Å²) < 4.78 is 16.2. The molecule has 1 atom stereocenters. The molecule has 1 aliphatic rings. The van der Waals surface area contributed by atoms with Crippen LogP contribution in [0.4, 0.5) is 5.69 Å². The first-order valence-electron chi connectivity index (χ1n) is 8.92. The molecule has 0 aromatic heterocycles. The second kappa shape index (κ2) is 8.60. The van der Waals surface area contributed by atoms with Gasteiger partial charge in [-0.2, -0.15) is 0 Å². The van der Waals surface area contributed by atoms with Crippen LogP contribution in [0.2, 0.25) is 0 Å². The summed E-state index contributed by atoms with van der Waals surface area (Å²) in [7, 11) is 3.16. The highest BCUT2D eigenvalue weighted by Crippen LogP contribution is 2.37.